The smallest absolute Gasteiger partial charge is 0.306 e. The Labute approximate surface area is 150 Å². The van der Waals surface area contributed by atoms with Gasteiger partial charge >= 0.3 is 5.97 Å². The molecule has 140 valence electrons. The van der Waals surface area contributed by atoms with E-state index in [0.29, 0.717) is 18.9 Å². The number of hydrogen-bond acceptors (Lipinski definition) is 2. The second kappa shape index (κ2) is 14.3. The number of esters is 1. The molecule has 2 heteroatoms. The Hall–Kier alpha value is -1.05. The first kappa shape index (κ1) is 22.9. The fourth-order valence-electron chi connectivity index (χ4n) is 2.57. The predicted molar refractivity (Wildman–Crippen MR) is 105 cm³/mol. The lowest BCUT2D eigenvalue weighted by Crippen LogP contribution is -2.07. The summed E-state index contributed by atoms with van der Waals surface area (Å²) in [6, 6.07) is 0. The molecule has 0 saturated heterocycles. The molecular weight excluding hydrogens is 296 g/mol. The summed E-state index contributed by atoms with van der Waals surface area (Å²) in [5.41, 5.74) is 2.64. The average molecular weight is 337 g/mol. The van der Waals surface area contributed by atoms with Gasteiger partial charge in [-0.25, -0.2) is 0 Å². The van der Waals surface area contributed by atoms with Crippen molar-refractivity contribution in [3.63, 3.8) is 0 Å². The maximum absolute atomic E-state index is 11.8. The largest absolute Gasteiger partial charge is 0.461 e. The molecule has 2 nitrogen and oxygen atoms in total. The molecule has 0 aliphatic heterocycles. The Balaban J connectivity index is 3.76. The van der Waals surface area contributed by atoms with Crippen molar-refractivity contribution in [3.8, 4) is 0 Å². The van der Waals surface area contributed by atoms with E-state index in [0.717, 1.165) is 25.2 Å². The van der Waals surface area contributed by atoms with E-state index in [1.165, 1.54) is 36.8 Å². The highest BCUT2D eigenvalue weighted by Gasteiger charge is 2.08. The minimum Gasteiger partial charge on any atom is -0.461 e. The van der Waals surface area contributed by atoms with Crippen molar-refractivity contribution < 1.29 is 9.53 Å². The molecule has 2 atom stereocenters. The minimum absolute atomic E-state index is 0.0582. The first-order chi connectivity index (χ1) is 11.3. The van der Waals surface area contributed by atoms with E-state index >= 15 is 0 Å². The molecule has 0 bridgehead atoms. The van der Waals surface area contributed by atoms with E-state index in [1.54, 1.807) is 0 Å². The molecule has 0 saturated carbocycles. The third-order valence-corrected chi connectivity index (χ3v) is 4.70. The summed E-state index contributed by atoms with van der Waals surface area (Å²) < 4.78 is 5.32. The second-order valence-corrected chi connectivity index (χ2v) is 7.64. The van der Waals surface area contributed by atoms with Crippen molar-refractivity contribution in [3.05, 3.63) is 23.3 Å². The number of hydrogen-bond donors (Lipinski definition) is 0. The quantitative estimate of drug-likeness (QED) is 0.271. The van der Waals surface area contributed by atoms with Crippen LogP contribution in [0.4, 0.5) is 0 Å². The lowest BCUT2D eigenvalue weighted by atomic mass is 9.94. The van der Waals surface area contributed by atoms with Crippen LogP contribution in [0.2, 0.25) is 0 Å². The maximum atomic E-state index is 11.8. The monoisotopic (exact) mass is 336 g/mol. The third kappa shape index (κ3) is 14.5. The van der Waals surface area contributed by atoms with Gasteiger partial charge < -0.3 is 4.74 Å². The van der Waals surface area contributed by atoms with Crippen LogP contribution in [0.5, 0.6) is 0 Å². The zero-order valence-electron chi connectivity index (χ0n) is 17.0. The normalized spacial score (nSPS) is 14.2. The molecule has 0 aromatic heterocycles. The predicted octanol–water partition coefficient (Wildman–Crippen LogP) is 6.86. The zero-order valence-corrected chi connectivity index (χ0v) is 17.0. The minimum atomic E-state index is -0.0582. The van der Waals surface area contributed by atoms with Crippen LogP contribution in [0.3, 0.4) is 0 Å². The van der Waals surface area contributed by atoms with Crippen LogP contribution in [-0.4, -0.2) is 12.6 Å². The summed E-state index contributed by atoms with van der Waals surface area (Å²) in [5.74, 6) is 1.38. The molecule has 0 aromatic carbocycles. The molecule has 0 fully saturated rings. The van der Waals surface area contributed by atoms with Crippen molar-refractivity contribution in [2.75, 3.05) is 6.61 Å². The van der Waals surface area contributed by atoms with Crippen molar-refractivity contribution in [1.29, 1.82) is 0 Å². The summed E-state index contributed by atoms with van der Waals surface area (Å²) in [5, 5.41) is 0. The summed E-state index contributed by atoms with van der Waals surface area (Å²) >= 11 is 0. The molecule has 0 spiro atoms. The van der Waals surface area contributed by atoms with Gasteiger partial charge in [0.25, 0.3) is 0 Å². The SMILES string of the molecule is CCC(C)CCCC(C)CCC(=O)OC/C=C(\C)CCC=C(C)C. The molecule has 0 radical (unpaired) electrons. The molecule has 0 N–H and O–H groups in total. The van der Waals surface area contributed by atoms with Gasteiger partial charge in [0.1, 0.15) is 6.61 Å². The topological polar surface area (TPSA) is 26.3 Å². The highest BCUT2D eigenvalue weighted by atomic mass is 16.5. The van der Waals surface area contributed by atoms with E-state index in [2.05, 4.69) is 47.6 Å². The van der Waals surface area contributed by atoms with Crippen LogP contribution in [0.1, 0.15) is 92.9 Å². The Morgan fingerprint density at radius 2 is 1.62 bits per heavy atom. The van der Waals surface area contributed by atoms with Gasteiger partial charge in [0, 0.05) is 6.42 Å². The van der Waals surface area contributed by atoms with Gasteiger partial charge in [-0.15, -0.1) is 0 Å². The molecule has 0 rings (SSSR count). The van der Waals surface area contributed by atoms with Gasteiger partial charge in [-0.3, -0.25) is 4.79 Å². The third-order valence-electron chi connectivity index (χ3n) is 4.70. The molecule has 0 heterocycles. The van der Waals surface area contributed by atoms with E-state index in [1.807, 2.05) is 6.08 Å². The summed E-state index contributed by atoms with van der Waals surface area (Å²) in [4.78, 5) is 11.8. The molecule has 0 aliphatic carbocycles. The molecule has 0 aromatic rings. The van der Waals surface area contributed by atoms with Gasteiger partial charge in [0.05, 0.1) is 0 Å². The van der Waals surface area contributed by atoms with Gasteiger partial charge in [-0.1, -0.05) is 63.7 Å². The van der Waals surface area contributed by atoms with Crippen LogP contribution in [-0.2, 0) is 9.53 Å². The van der Waals surface area contributed by atoms with Gasteiger partial charge in [-0.05, 0) is 57.9 Å². The number of rotatable bonds is 13. The molecule has 0 amide bonds. The summed E-state index contributed by atoms with van der Waals surface area (Å²) in [7, 11) is 0. The molecule has 24 heavy (non-hydrogen) atoms. The second-order valence-electron chi connectivity index (χ2n) is 7.64. The van der Waals surface area contributed by atoms with Gasteiger partial charge in [-0.2, -0.15) is 0 Å². The molecule has 0 aliphatic rings. The Morgan fingerprint density at radius 3 is 2.25 bits per heavy atom. The van der Waals surface area contributed by atoms with E-state index in [4.69, 9.17) is 4.74 Å². The number of carbonyl (C=O) groups is 1. The van der Waals surface area contributed by atoms with Crippen LogP contribution in [0.25, 0.3) is 0 Å². The van der Waals surface area contributed by atoms with Crippen LogP contribution < -0.4 is 0 Å². The van der Waals surface area contributed by atoms with Crippen molar-refractivity contribution in [2.45, 2.75) is 92.9 Å². The Morgan fingerprint density at radius 1 is 0.958 bits per heavy atom. The zero-order chi connectivity index (χ0) is 18.4. The van der Waals surface area contributed by atoms with E-state index < -0.39 is 0 Å². The highest BCUT2D eigenvalue weighted by molar-refractivity contribution is 5.69. The average Bonchev–Trinajstić information content (AvgIpc) is 2.52. The first-order valence-electron chi connectivity index (χ1n) is 9.79. The van der Waals surface area contributed by atoms with Gasteiger partial charge in [0.2, 0.25) is 0 Å². The number of allylic oxidation sites excluding steroid dienone is 3. The van der Waals surface area contributed by atoms with Crippen molar-refractivity contribution in [1.82, 2.24) is 0 Å². The number of carbonyl (C=O) groups excluding carboxylic acids is 1. The van der Waals surface area contributed by atoms with Gasteiger partial charge in [0.15, 0.2) is 0 Å². The fraction of sp³-hybridized carbons (Fsp3) is 0.773. The van der Waals surface area contributed by atoms with Crippen molar-refractivity contribution in [2.24, 2.45) is 11.8 Å². The Bertz CT molecular complexity index is 389. The van der Waals surface area contributed by atoms with Crippen molar-refractivity contribution >= 4 is 5.97 Å². The van der Waals surface area contributed by atoms with Crippen LogP contribution >= 0.6 is 0 Å². The summed E-state index contributed by atoms with van der Waals surface area (Å²) in [6.07, 6.45) is 12.9. The molecule has 2 unspecified atom stereocenters. The Kier molecular flexibility index (Phi) is 13.7. The fourth-order valence-corrected chi connectivity index (χ4v) is 2.57. The number of ether oxygens (including phenoxy) is 1. The lowest BCUT2D eigenvalue weighted by molar-refractivity contribution is -0.142. The lowest BCUT2D eigenvalue weighted by Gasteiger charge is -2.13. The molecular formula is C22H40O2. The first-order valence-corrected chi connectivity index (χ1v) is 9.79. The van der Waals surface area contributed by atoms with Crippen LogP contribution in [0, 0.1) is 11.8 Å². The maximum Gasteiger partial charge on any atom is 0.306 e. The van der Waals surface area contributed by atoms with Crippen LogP contribution in [0.15, 0.2) is 23.3 Å². The van der Waals surface area contributed by atoms with E-state index in [9.17, 15) is 4.79 Å². The highest BCUT2D eigenvalue weighted by Crippen LogP contribution is 2.18. The summed E-state index contributed by atoms with van der Waals surface area (Å²) in [6.45, 7) is 13.6. The standard InChI is InChI=1S/C22H40O2/c1-7-19(4)11-9-13-20(5)14-15-22(23)24-17-16-21(6)12-8-10-18(2)3/h10,16,19-20H,7-9,11-15,17H2,1-6H3/b21-16+. The van der Waals surface area contributed by atoms with E-state index in [-0.39, 0.29) is 5.97 Å².